The molecule has 1 heterocycles. The van der Waals surface area contributed by atoms with Crippen molar-refractivity contribution in [2.45, 2.75) is 13.8 Å². The minimum Gasteiger partial charge on any atom is -0.461 e. The van der Waals surface area contributed by atoms with E-state index in [2.05, 4.69) is 35.1 Å². The average Bonchev–Trinajstić information content (AvgIpc) is 3.34. The Morgan fingerprint density at radius 2 is 1.91 bits per heavy atom. The lowest BCUT2D eigenvalue weighted by Gasteiger charge is -2.17. The van der Waals surface area contributed by atoms with Crippen molar-refractivity contribution in [1.82, 2.24) is 9.88 Å². The third-order valence-electron chi connectivity index (χ3n) is 5.11. The fourth-order valence-electron chi connectivity index (χ4n) is 3.08. The zero-order chi connectivity index (χ0) is 24.5. The van der Waals surface area contributed by atoms with Crippen LogP contribution in [0.2, 0.25) is 10.0 Å². The summed E-state index contributed by atoms with van der Waals surface area (Å²) >= 11 is 13.4. The van der Waals surface area contributed by atoms with E-state index < -0.39 is 0 Å². The molecule has 6 nitrogen and oxygen atoms in total. The van der Waals surface area contributed by atoms with Gasteiger partial charge in [-0.1, -0.05) is 43.1 Å². The van der Waals surface area contributed by atoms with Gasteiger partial charge in [0.05, 0.1) is 21.3 Å². The van der Waals surface area contributed by atoms with Gasteiger partial charge in [0.25, 0.3) is 0 Å². The number of esters is 1. The molecule has 9 heteroatoms. The molecular weight excluding hydrogens is 491 g/mol. The lowest BCUT2D eigenvalue weighted by molar-refractivity contribution is 0.0466. The van der Waals surface area contributed by atoms with Crippen LogP contribution in [0.15, 0.2) is 54.0 Å². The van der Waals surface area contributed by atoms with Crippen LogP contribution >= 0.6 is 34.5 Å². The van der Waals surface area contributed by atoms with E-state index in [9.17, 15) is 10.1 Å². The SMILES string of the molecule is CCN(CC)CCOC(=O)c1ccc(N/C=C(\C#N)c2nc(-c3ccc(Cl)c(Cl)c3)cs2)cc1. The second-order valence-corrected chi connectivity index (χ2v) is 8.89. The van der Waals surface area contributed by atoms with Gasteiger partial charge >= 0.3 is 5.97 Å². The number of likely N-dealkylation sites (N-methyl/N-ethyl adjacent to an activating group) is 1. The highest BCUT2D eigenvalue weighted by atomic mass is 35.5. The van der Waals surface area contributed by atoms with Crippen LogP contribution < -0.4 is 5.32 Å². The largest absolute Gasteiger partial charge is 0.461 e. The second-order valence-electron chi connectivity index (χ2n) is 7.22. The number of allylic oxidation sites excluding steroid dienone is 1. The van der Waals surface area contributed by atoms with Crippen LogP contribution in [0.4, 0.5) is 5.69 Å². The van der Waals surface area contributed by atoms with Crippen LogP contribution in [0.3, 0.4) is 0 Å². The van der Waals surface area contributed by atoms with E-state index in [0.717, 1.165) is 24.3 Å². The number of hydrogen-bond acceptors (Lipinski definition) is 7. The van der Waals surface area contributed by atoms with Gasteiger partial charge in [0, 0.05) is 29.4 Å². The van der Waals surface area contributed by atoms with Crippen LogP contribution in [-0.4, -0.2) is 42.1 Å². The Morgan fingerprint density at radius 3 is 2.56 bits per heavy atom. The molecule has 0 unspecified atom stereocenters. The van der Waals surface area contributed by atoms with Crippen molar-refractivity contribution in [3.05, 3.63) is 74.7 Å². The molecule has 0 aliphatic heterocycles. The molecular formula is C25H24Cl2N4O2S. The molecule has 0 aliphatic carbocycles. The quantitative estimate of drug-likeness (QED) is 0.242. The fraction of sp³-hybridized carbons (Fsp3) is 0.240. The van der Waals surface area contributed by atoms with Crippen LogP contribution in [-0.2, 0) is 4.74 Å². The molecule has 1 aromatic heterocycles. The molecule has 34 heavy (non-hydrogen) atoms. The summed E-state index contributed by atoms with van der Waals surface area (Å²) < 4.78 is 5.35. The van der Waals surface area contributed by atoms with Crippen LogP contribution in [0, 0.1) is 11.3 Å². The van der Waals surface area contributed by atoms with E-state index in [4.69, 9.17) is 27.9 Å². The fourth-order valence-corrected chi connectivity index (χ4v) is 4.17. The minimum atomic E-state index is -0.357. The van der Waals surface area contributed by atoms with Gasteiger partial charge in [-0.3, -0.25) is 0 Å². The number of nitrogens with one attached hydrogen (secondary N) is 1. The lowest BCUT2D eigenvalue weighted by Crippen LogP contribution is -2.27. The van der Waals surface area contributed by atoms with Gasteiger partial charge < -0.3 is 15.0 Å². The summed E-state index contributed by atoms with van der Waals surface area (Å²) in [6, 6.07) is 14.3. The Bertz CT molecular complexity index is 1200. The van der Waals surface area contributed by atoms with Gasteiger partial charge in [0.15, 0.2) is 0 Å². The summed E-state index contributed by atoms with van der Waals surface area (Å²) in [6.07, 6.45) is 1.59. The number of carbonyl (C=O) groups is 1. The zero-order valence-corrected chi connectivity index (χ0v) is 21.2. The Morgan fingerprint density at radius 1 is 1.18 bits per heavy atom. The van der Waals surface area contributed by atoms with Crippen LogP contribution in [0.1, 0.15) is 29.2 Å². The standard InChI is InChI=1S/C25H24Cl2N4O2S/c1-3-31(4-2)11-12-33-25(32)17-5-8-20(9-6-17)29-15-19(14-28)24-30-23(16-34-24)18-7-10-21(26)22(27)13-18/h5-10,13,15-16,29H,3-4,11-12H2,1-2H3/b19-15+. The topological polar surface area (TPSA) is 78.2 Å². The molecule has 0 amide bonds. The Labute approximate surface area is 213 Å². The van der Waals surface area contributed by atoms with Gasteiger partial charge in [0.1, 0.15) is 23.3 Å². The summed E-state index contributed by atoms with van der Waals surface area (Å²) in [7, 11) is 0. The number of nitrogens with zero attached hydrogens (tertiary/aromatic N) is 3. The van der Waals surface area contributed by atoms with E-state index in [-0.39, 0.29) is 5.97 Å². The number of anilines is 1. The highest BCUT2D eigenvalue weighted by Gasteiger charge is 2.11. The molecule has 176 valence electrons. The monoisotopic (exact) mass is 514 g/mol. The van der Waals surface area contributed by atoms with Crippen LogP contribution in [0.25, 0.3) is 16.8 Å². The van der Waals surface area contributed by atoms with Gasteiger partial charge in [-0.25, -0.2) is 9.78 Å². The number of nitriles is 1. The first kappa shape index (κ1) is 25.7. The number of halogens is 2. The number of aromatic nitrogens is 1. The predicted octanol–water partition coefficient (Wildman–Crippen LogP) is 6.59. The number of carbonyl (C=O) groups excluding carboxylic acids is 1. The molecule has 3 rings (SSSR count). The van der Waals surface area contributed by atoms with Crippen molar-refractivity contribution in [3.8, 4) is 17.3 Å². The summed E-state index contributed by atoms with van der Waals surface area (Å²) in [5.74, 6) is -0.357. The summed E-state index contributed by atoms with van der Waals surface area (Å²) in [5.41, 5.74) is 3.12. The Kier molecular flexibility index (Phi) is 9.49. The van der Waals surface area contributed by atoms with E-state index >= 15 is 0 Å². The summed E-state index contributed by atoms with van der Waals surface area (Å²) in [5, 5.41) is 16.0. The predicted molar refractivity (Wildman–Crippen MR) is 139 cm³/mol. The molecule has 0 spiro atoms. The van der Waals surface area contributed by atoms with Crippen molar-refractivity contribution in [3.63, 3.8) is 0 Å². The third kappa shape index (κ3) is 6.81. The first-order chi connectivity index (χ1) is 16.4. The normalized spacial score (nSPS) is 11.4. The number of rotatable bonds is 10. The molecule has 3 aromatic rings. The molecule has 0 bridgehead atoms. The van der Waals surface area contributed by atoms with Gasteiger partial charge in [-0.2, -0.15) is 5.26 Å². The third-order valence-corrected chi connectivity index (χ3v) is 6.72. The molecule has 0 atom stereocenters. The maximum absolute atomic E-state index is 12.2. The van der Waals surface area contributed by atoms with Gasteiger partial charge in [-0.05, 0) is 49.5 Å². The first-order valence-electron chi connectivity index (χ1n) is 10.7. The van der Waals surface area contributed by atoms with Crippen molar-refractivity contribution in [1.29, 1.82) is 5.26 Å². The average molecular weight is 515 g/mol. The van der Waals surface area contributed by atoms with Crippen molar-refractivity contribution >= 4 is 51.8 Å². The maximum Gasteiger partial charge on any atom is 0.338 e. The number of ether oxygens (including phenoxy) is 1. The van der Waals surface area contributed by atoms with E-state index in [1.807, 2.05) is 11.4 Å². The summed E-state index contributed by atoms with van der Waals surface area (Å²) in [4.78, 5) is 19.0. The zero-order valence-electron chi connectivity index (χ0n) is 18.8. The second kappa shape index (κ2) is 12.5. The van der Waals surface area contributed by atoms with E-state index in [1.54, 1.807) is 42.6 Å². The molecule has 2 aromatic carbocycles. The molecule has 0 saturated carbocycles. The van der Waals surface area contributed by atoms with Crippen molar-refractivity contribution in [2.24, 2.45) is 0 Å². The number of thiazole rings is 1. The minimum absolute atomic E-state index is 0.354. The van der Waals surface area contributed by atoms with E-state index in [0.29, 0.717) is 45.0 Å². The lowest BCUT2D eigenvalue weighted by atomic mass is 10.2. The highest BCUT2D eigenvalue weighted by Crippen LogP contribution is 2.30. The molecule has 0 radical (unpaired) electrons. The Hall–Kier alpha value is -2.89. The highest BCUT2D eigenvalue weighted by molar-refractivity contribution is 7.11. The molecule has 0 aliphatic rings. The molecule has 1 N–H and O–H groups in total. The smallest absolute Gasteiger partial charge is 0.338 e. The molecule has 0 saturated heterocycles. The van der Waals surface area contributed by atoms with Crippen molar-refractivity contribution in [2.75, 3.05) is 31.6 Å². The van der Waals surface area contributed by atoms with Crippen LogP contribution in [0.5, 0.6) is 0 Å². The summed E-state index contributed by atoms with van der Waals surface area (Å²) in [6.45, 7) is 7.06. The van der Waals surface area contributed by atoms with Crippen molar-refractivity contribution < 1.29 is 9.53 Å². The van der Waals surface area contributed by atoms with Gasteiger partial charge in [-0.15, -0.1) is 11.3 Å². The maximum atomic E-state index is 12.2. The van der Waals surface area contributed by atoms with Gasteiger partial charge in [0.2, 0.25) is 0 Å². The first-order valence-corrected chi connectivity index (χ1v) is 12.4. The number of hydrogen-bond donors (Lipinski definition) is 1. The molecule has 0 fully saturated rings. The number of benzene rings is 2. The van der Waals surface area contributed by atoms with E-state index in [1.165, 1.54) is 11.3 Å². The Balaban J connectivity index is 1.62.